The number of ether oxygens (including phenoxy) is 2. The molecule has 36 heavy (non-hydrogen) atoms. The summed E-state index contributed by atoms with van der Waals surface area (Å²) in [6.07, 6.45) is 4.16. The first kappa shape index (κ1) is 22.2. The Hall–Kier alpha value is -4.25. The van der Waals surface area contributed by atoms with Crippen molar-refractivity contribution in [2.24, 2.45) is 0 Å². The summed E-state index contributed by atoms with van der Waals surface area (Å²) >= 11 is 0. The first-order valence-corrected chi connectivity index (χ1v) is 12.1. The van der Waals surface area contributed by atoms with E-state index in [4.69, 9.17) is 9.47 Å². The van der Waals surface area contributed by atoms with Gasteiger partial charge in [-0.05, 0) is 70.1 Å². The minimum Gasteiger partial charge on any atom is -0.381 e. The number of hydrogen-bond acceptors (Lipinski definition) is 5. The molecule has 0 amide bonds. The van der Waals surface area contributed by atoms with Crippen molar-refractivity contribution in [2.45, 2.75) is 25.6 Å². The van der Waals surface area contributed by atoms with E-state index >= 15 is 0 Å². The highest BCUT2D eigenvalue weighted by molar-refractivity contribution is 5.91. The molecule has 0 atom stereocenters. The molecule has 1 aliphatic rings. The van der Waals surface area contributed by atoms with E-state index in [9.17, 15) is 0 Å². The third-order valence-electron chi connectivity index (χ3n) is 6.46. The molecule has 1 fully saturated rings. The standard InChI is InChI=1S/C29H25N5O2/c1-2-23(9-8-20-4-6-21(7-5-20)19-36-25-13-16-35-17-14-25)28(26(3-1)29-31-33-34-32-29)24-11-10-22-12-15-30-27(22)18-24/h1-7,10-12,15,18,25,30H,13-14,16-17,19H2,(H,31,32,33,34). The van der Waals surface area contributed by atoms with Gasteiger partial charge in [-0.3, -0.25) is 0 Å². The molecule has 0 radical (unpaired) electrons. The summed E-state index contributed by atoms with van der Waals surface area (Å²) in [6.45, 7) is 2.18. The van der Waals surface area contributed by atoms with Gasteiger partial charge >= 0.3 is 0 Å². The molecule has 0 bridgehead atoms. The van der Waals surface area contributed by atoms with Crippen LogP contribution in [0.2, 0.25) is 0 Å². The van der Waals surface area contributed by atoms with Gasteiger partial charge in [-0.1, -0.05) is 48.2 Å². The minimum atomic E-state index is 0.286. The average Bonchev–Trinajstić information content (AvgIpc) is 3.64. The molecule has 5 aromatic rings. The Kier molecular flexibility index (Phi) is 6.28. The maximum absolute atomic E-state index is 6.04. The third kappa shape index (κ3) is 4.78. The van der Waals surface area contributed by atoms with Gasteiger partial charge in [0.1, 0.15) is 0 Å². The van der Waals surface area contributed by atoms with Gasteiger partial charge in [0.2, 0.25) is 0 Å². The lowest BCUT2D eigenvalue weighted by atomic mass is 9.93. The summed E-state index contributed by atoms with van der Waals surface area (Å²) in [5.41, 5.74) is 6.99. The summed E-state index contributed by atoms with van der Waals surface area (Å²) in [5.74, 6) is 7.32. The number of benzene rings is 3. The fraction of sp³-hybridized carbons (Fsp3) is 0.207. The lowest BCUT2D eigenvalue weighted by Gasteiger charge is -2.22. The van der Waals surface area contributed by atoms with E-state index in [2.05, 4.69) is 73.8 Å². The molecule has 7 nitrogen and oxygen atoms in total. The summed E-state index contributed by atoms with van der Waals surface area (Å²) < 4.78 is 11.4. The number of nitrogens with zero attached hydrogens (tertiary/aromatic N) is 3. The van der Waals surface area contributed by atoms with E-state index in [1.54, 1.807) is 0 Å². The van der Waals surface area contributed by atoms with E-state index in [1.807, 2.05) is 36.5 Å². The van der Waals surface area contributed by atoms with Crippen LogP contribution in [-0.2, 0) is 16.1 Å². The molecule has 3 aromatic carbocycles. The van der Waals surface area contributed by atoms with Gasteiger partial charge in [0.25, 0.3) is 0 Å². The zero-order valence-corrected chi connectivity index (χ0v) is 19.7. The van der Waals surface area contributed by atoms with Crippen molar-refractivity contribution in [2.75, 3.05) is 13.2 Å². The third-order valence-corrected chi connectivity index (χ3v) is 6.46. The van der Waals surface area contributed by atoms with Gasteiger partial charge in [0.15, 0.2) is 5.82 Å². The molecule has 0 saturated carbocycles. The van der Waals surface area contributed by atoms with Crippen LogP contribution < -0.4 is 0 Å². The maximum atomic E-state index is 6.04. The number of aromatic amines is 2. The summed E-state index contributed by atoms with van der Waals surface area (Å²) in [7, 11) is 0. The molecule has 0 spiro atoms. The summed E-state index contributed by atoms with van der Waals surface area (Å²) in [5, 5.41) is 15.7. The van der Waals surface area contributed by atoms with Crippen LogP contribution >= 0.6 is 0 Å². The Labute approximate surface area is 208 Å². The molecule has 178 valence electrons. The second-order valence-corrected chi connectivity index (χ2v) is 8.83. The zero-order valence-electron chi connectivity index (χ0n) is 19.7. The second-order valence-electron chi connectivity index (χ2n) is 8.83. The van der Waals surface area contributed by atoms with Gasteiger partial charge in [0, 0.05) is 47.2 Å². The second kappa shape index (κ2) is 10.2. The van der Waals surface area contributed by atoms with Crippen LogP contribution in [-0.4, -0.2) is 44.9 Å². The maximum Gasteiger partial charge on any atom is 0.180 e. The molecule has 2 aromatic heterocycles. The molecular weight excluding hydrogens is 450 g/mol. The number of fused-ring (bicyclic) bond motifs is 1. The Morgan fingerprint density at radius 2 is 1.86 bits per heavy atom. The van der Waals surface area contributed by atoms with Gasteiger partial charge in [-0.2, -0.15) is 0 Å². The minimum absolute atomic E-state index is 0.286. The van der Waals surface area contributed by atoms with Gasteiger partial charge in [0.05, 0.1) is 12.7 Å². The van der Waals surface area contributed by atoms with Crippen LogP contribution in [0.1, 0.15) is 29.5 Å². The Bertz CT molecular complexity index is 1520. The highest BCUT2D eigenvalue weighted by Crippen LogP contribution is 2.34. The van der Waals surface area contributed by atoms with E-state index in [1.165, 1.54) is 0 Å². The normalized spacial score (nSPS) is 14.0. The number of hydrogen-bond donors (Lipinski definition) is 2. The van der Waals surface area contributed by atoms with E-state index in [-0.39, 0.29) is 6.10 Å². The SMILES string of the molecule is C(#Cc1cccc(-c2nnn[nH]2)c1-c1ccc2cc[nH]c2c1)c1ccc(COC2CCOCC2)cc1. The van der Waals surface area contributed by atoms with Crippen LogP contribution in [0.5, 0.6) is 0 Å². The quantitative estimate of drug-likeness (QED) is 0.345. The fourth-order valence-corrected chi connectivity index (χ4v) is 4.52. The molecule has 6 rings (SSSR count). The van der Waals surface area contributed by atoms with Crippen molar-refractivity contribution in [3.63, 3.8) is 0 Å². The molecular formula is C29H25N5O2. The van der Waals surface area contributed by atoms with Gasteiger partial charge < -0.3 is 14.5 Å². The van der Waals surface area contributed by atoms with Crippen molar-refractivity contribution in [3.05, 3.63) is 89.6 Å². The van der Waals surface area contributed by atoms with Crippen LogP contribution in [0.15, 0.2) is 72.9 Å². The number of aromatic nitrogens is 5. The first-order chi connectivity index (χ1) is 17.8. The molecule has 0 aliphatic carbocycles. The van der Waals surface area contributed by atoms with Crippen LogP contribution in [0.3, 0.4) is 0 Å². The van der Waals surface area contributed by atoms with Crippen LogP contribution in [0.4, 0.5) is 0 Å². The number of tetrazole rings is 1. The van der Waals surface area contributed by atoms with E-state index < -0.39 is 0 Å². The zero-order chi connectivity index (χ0) is 24.2. The van der Waals surface area contributed by atoms with Crippen molar-refractivity contribution in [1.82, 2.24) is 25.6 Å². The van der Waals surface area contributed by atoms with Crippen LogP contribution in [0.25, 0.3) is 33.4 Å². The number of H-pyrrole nitrogens is 2. The van der Waals surface area contributed by atoms with Crippen molar-refractivity contribution >= 4 is 10.9 Å². The summed E-state index contributed by atoms with van der Waals surface area (Å²) in [6, 6.07) is 22.7. The predicted molar refractivity (Wildman–Crippen MR) is 138 cm³/mol. The Balaban J connectivity index is 1.30. The van der Waals surface area contributed by atoms with Crippen molar-refractivity contribution in [3.8, 4) is 34.4 Å². The number of rotatable bonds is 5. The predicted octanol–water partition coefficient (Wildman–Crippen LogP) is 5.11. The molecule has 1 aliphatic heterocycles. The smallest absolute Gasteiger partial charge is 0.180 e. The Morgan fingerprint density at radius 3 is 2.69 bits per heavy atom. The van der Waals surface area contributed by atoms with Crippen molar-refractivity contribution in [1.29, 1.82) is 0 Å². The number of nitrogens with one attached hydrogen (secondary N) is 2. The summed E-state index contributed by atoms with van der Waals surface area (Å²) in [4.78, 5) is 3.30. The first-order valence-electron chi connectivity index (χ1n) is 12.1. The van der Waals surface area contributed by atoms with E-state index in [0.717, 1.165) is 70.3 Å². The monoisotopic (exact) mass is 475 g/mol. The highest BCUT2D eigenvalue weighted by Gasteiger charge is 2.15. The Morgan fingerprint density at radius 1 is 0.972 bits per heavy atom. The van der Waals surface area contributed by atoms with Crippen LogP contribution in [0, 0.1) is 11.8 Å². The lowest BCUT2D eigenvalue weighted by Crippen LogP contribution is -2.23. The molecule has 2 N–H and O–H groups in total. The highest BCUT2D eigenvalue weighted by atomic mass is 16.5. The molecule has 1 saturated heterocycles. The topological polar surface area (TPSA) is 88.7 Å². The molecule has 0 unspecified atom stereocenters. The van der Waals surface area contributed by atoms with E-state index in [0.29, 0.717) is 12.4 Å². The van der Waals surface area contributed by atoms with Gasteiger partial charge in [-0.25, -0.2) is 5.10 Å². The van der Waals surface area contributed by atoms with Gasteiger partial charge in [-0.15, -0.1) is 5.10 Å². The molecule has 7 heteroatoms. The van der Waals surface area contributed by atoms with Crippen molar-refractivity contribution < 1.29 is 9.47 Å². The lowest BCUT2D eigenvalue weighted by molar-refractivity contribution is -0.0390. The fourth-order valence-electron chi connectivity index (χ4n) is 4.52. The average molecular weight is 476 g/mol. The molecule has 3 heterocycles. The largest absolute Gasteiger partial charge is 0.381 e.